The van der Waals surface area contributed by atoms with E-state index < -0.39 is 21.4 Å². The lowest BCUT2D eigenvalue weighted by Crippen LogP contribution is -2.62. The number of carbonyl (C=O) groups is 1. The van der Waals surface area contributed by atoms with Crippen LogP contribution in [-0.2, 0) is 14.8 Å². The molecule has 6 nitrogen and oxygen atoms in total. The van der Waals surface area contributed by atoms with Crippen molar-refractivity contribution < 1.29 is 17.6 Å². The molecule has 1 amide bonds. The van der Waals surface area contributed by atoms with Gasteiger partial charge in [0.2, 0.25) is 15.9 Å². The quantitative estimate of drug-likeness (QED) is 0.682. The standard InChI is InChI=1S/C18H26FN3O3S.ClH/c19-14-6-4-8-16(12-14)26(24,25)22-18(9-2-1-3-10-18)17(23)21-15-7-5-11-20-13-15;/h4,6,8,12,15,20,22H,1-3,5,7,9-11,13H2,(H,21,23);1H/t15-;/m0./s1. The second-order valence-corrected chi connectivity index (χ2v) is 8.90. The molecular formula is C18H27ClFN3O3S. The number of hydrogen-bond acceptors (Lipinski definition) is 4. The van der Waals surface area contributed by atoms with Gasteiger partial charge in [-0.05, 0) is 50.4 Å². The lowest BCUT2D eigenvalue weighted by atomic mass is 9.81. The fourth-order valence-corrected chi connectivity index (χ4v) is 5.23. The van der Waals surface area contributed by atoms with E-state index in [4.69, 9.17) is 0 Å². The van der Waals surface area contributed by atoms with Gasteiger partial charge in [0.05, 0.1) is 4.90 Å². The zero-order valence-corrected chi connectivity index (χ0v) is 16.8. The average molecular weight is 420 g/mol. The Labute approximate surface area is 166 Å². The summed E-state index contributed by atoms with van der Waals surface area (Å²) in [5.74, 6) is -0.894. The highest BCUT2D eigenvalue weighted by Crippen LogP contribution is 2.30. The molecule has 0 unspecified atom stereocenters. The second-order valence-electron chi connectivity index (χ2n) is 7.22. The summed E-state index contributed by atoms with van der Waals surface area (Å²) >= 11 is 0. The van der Waals surface area contributed by atoms with Crippen LogP contribution in [0.5, 0.6) is 0 Å². The largest absolute Gasteiger partial charge is 0.350 e. The van der Waals surface area contributed by atoms with Crippen molar-refractivity contribution >= 4 is 28.3 Å². The van der Waals surface area contributed by atoms with E-state index >= 15 is 0 Å². The van der Waals surface area contributed by atoms with Gasteiger partial charge in [-0.15, -0.1) is 12.4 Å². The van der Waals surface area contributed by atoms with Crippen LogP contribution in [0.1, 0.15) is 44.9 Å². The maximum absolute atomic E-state index is 13.5. The number of carbonyl (C=O) groups excluding carboxylic acids is 1. The minimum atomic E-state index is -3.99. The number of rotatable bonds is 5. The summed E-state index contributed by atoms with van der Waals surface area (Å²) in [6.07, 6.45) is 5.30. The summed E-state index contributed by atoms with van der Waals surface area (Å²) in [5.41, 5.74) is -1.17. The van der Waals surface area contributed by atoms with Crippen LogP contribution in [0.2, 0.25) is 0 Å². The summed E-state index contributed by atoms with van der Waals surface area (Å²) in [6.45, 7) is 1.63. The number of sulfonamides is 1. The fraction of sp³-hybridized carbons (Fsp3) is 0.611. The highest BCUT2D eigenvalue weighted by molar-refractivity contribution is 7.89. The predicted molar refractivity (Wildman–Crippen MR) is 104 cm³/mol. The summed E-state index contributed by atoms with van der Waals surface area (Å²) in [4.78, 5) is 12.9. The van der Waals surface area contributed by atoms with Gasteiger partial charge in [0.15, 0.2) is 0 Å². The van der Waals surface area contributed by atoms with Crippen molar-refractivity contribution in [2.45, 2.75) is 61.4 Å². The maximum atomic E-state index is 13.5. The van der Waals surface area contributed by atoms with Crippen molar-refractivity contribution in [3.63, 3.8) is 0 Å². The molecule has 2 fully saturated rings. The smallest absolute Gasteiger partial charge is 0.241 e. The molecule has 1 aliphatic carbocycles. The molecule has 152 valence electrons. The molecule has 9 heteroatoms. The Morgan fingerprint density at radius 3 is 2.56 bits per heavy atom. The average Bonchev–Trinajstić information content (AvgIpc) is 2.63. The van der Waals surface area contributed by atoms with E-state index in [1.165, 1.54) is 18.2 Å². The number of benzene rings is 1. The van der Waals surface area contributed by atoms with Gasteiger partial charge in [-0.25, -0.2) is 12.8 Å². The summed E-state index contributed by atoms with van der Waals surface area (Å²) in [7, 11) is -3.99. The SMILES string of the molecule is Cl.O=C(N[C@H]1CCCNC1)C1(NS(=O)(=O)c2cccc(F)c2)CCCCC1. The maximum Gasteiger partial charge on any atom is 0.241 e. The zero-order valence-electron chi connectivity index (χ0n) is 15.2. The van der Waals surface area contributed by atoms with Gasteiger partial charge in [0.25, 0.3) is 0 Å². The number of halogens is 2. The first kappa shape index (κ1) is 22.1. The number of hydrogen-bond donors (Lipinski definition) is 3. The van der Waals surface area contributed by atoms with Crippen LogP contribution >= 0.6 is 12.4 Å². The Morgan fingerprint density at radius 2 is 1.93 bits per heavy atom. The molecule has 0 aromatic heterocycles. The number of nitrogens with one attached hydrogen (secondary N) is 3. The Morgan fingerprint density at radius 1 is 1.19 bits per heavy atom. The van der Waals surface area contributed by atoms with Crippen LogP contribution in [0.3, 0.4) is 0 Å². The Balaban J connectivity index is 0.00000261. The van der Waals surface area contributed by atoms with Gasteiger partial charge < -0.3 is 10.6 Å². The van der Waals surface area contributed by atoms with Gasteiger partial charge in [-0.1, -0.05) is 25.3 Å². The summed E-state index contributed by atoms with van der Waals surface area (Å²) in [5, 5.41) is 6.25. The third kappa shape index (κ3) is 5.40. The molecule has 0 spiro atoms. The van der Waals surface area contributed by atoms with E-state index in [-0.39, 0.29) is 29.3 Å². The van der Waals surface area contributed by atoms with Crippen LogP contribution in [0, 0.1) is 5.82 Å². The van der Waals surface area contributed by atoms with Crippen LogP contribution in [0.15, 0.2) is 29.2 Å². The molecule has 1 aliphatic heterocycles. The van der Waals surface area contributed by atoms with Crippen molar-refractivity contribution in [2.24, 2.45) is 0 Å². The van der Waals surface area contributed by atoms with E-state index in [1.807, 2.05) is 0 Å². The van der Waals surface area contributed by atoms with Crippen molar-refractivity contribution in [3.05, 3.63) is 30.1 Å². The van der Waals surface area contributed by atoms with Gasteiger partial charge in [-0.2, -0.15) is 4.72 Å². The van der Waals surface area contributed by atoms with Crippen LogP contribution in [-0.4, -0.2) is 39.0 Å². The van der Waals surface area contributed by atoms with Gasteiger partial charge >= 0.3 is 0 Å². The number of amides is 1. The minimum Gasteiger partial charge on any atom is -0.350 e. The van der Waals surface area contributed by atoms with Crippen LogP contribution in [0.25, 0.3) is 0 Å². The highest BCUT2D eigenvalue weighted by Gasteiger charge is 2.43. The Hall–Kier alpha value is -1.22. The van der Waals surface area contributed by atoms with Crippen molar-refractivity contribution in [1.82, 2.24) is 15.4 Å². The molecule has 0 radical (unpaired) electrons. The van der Waals surface area contributed by atoms with Crippen LogP contribution in [0.4, 0.5) is 4.39 Å². The van der Waals surface area contributed by atoms with E-state index in [0.717, 1.165) is 44.7 Å². The molecule has 0 bridgehead atoms. The van der Waals surface area contributed by atoms with Gasteiger partial charge in [-0.3, -0.25) is 4.79 Å². The molecular weight excluding hydrogens is 393 g/mol. The van der Waals surface area contributed by atoms with E-state index in [1.54, 1.807) is 0 Å². The molecule has 1 aromatic rings. The summed E-state index contributed by atoms with van der Waals surface area (Å²) in [6, 6.07) is 4.87. The normalized spacial score (nSPS) is 22.5. The fourth-order valence-electron chi connectivity index (χ4n) is 3.78. The second kappa shape index (κ2) is 9.32. The third-order valence-corrected chi connectivity index (χ3v) is 6.74. The lowest BCUT2D eigenvalue weighted by molar-refractivity contribution is -0.129. The first-order valence-corrected chi connectivity index (χ1v) is 10.7. The Kier molecular flexibility index (Phi) is 7.62. The van der Waals surface area contributed by atoms with Crippen LogP contribution < -0.4 is 15.4 Å². The monoisotopic (exact) mass is 419 g/mol. The number of piperidine rings is 1. The topological polar surface area (TPSA) is 87.3 Å². The van der Waals surface area contributed by atoms with Crippen molar-refractivity contribution in [3.8, 4) is 0 Å². The molecule has 3 N–H and O–H groups in total. The molecule has 1 heterocycles. The molecule has 1 saturated heterocycles. The Bertz CT molecular complexity index is 748. The molecule has 27 heavy (non-hydrogen) atoms. The highest BCUT2D eigenvalue weighted by atomic mass is 35.5. The zero-order chi connectivity index (χ0) is 18.6. The first-order valence-electron chi connectivity index (χ1n) is 9.23. The van der Waals surface area contributed by atoms with Crippen molar-refractivity contribution in [2.75, 3.05) is 13.1 Å². The third-order valence-electron chi connectivity index (χ3n) is 5.21. The predicted octanol–water partition coefficient (Wildman–Crippen LogP) is 2.10. The van der Waals surface area contributed by atoms with E-state index in [2.05, 4.69) is 15.4 Å². The molecule has 2 aliphatic rings. The molecule has 1 aromatic carbocycles. The van der Waals surface area contributed by atoms with E-state index in [0.29, 0.717) is 19.4 Å². The van der Waals surface area contributed by atoms with Gasteiger partial charge in [0.1, 0.15) is 11.4 Å². The van der Waals surface area contributed by atoms with Crippen molar-refractivity contribution in [1.29, 1.82) is 0 Å². The molecule has 3 rings (SSSR count). The minimum absolute atomic E-state index is 0. The first-order chi connectivity index (χ1) is 12.4. The molecule has 1 saturated carbocycles. The van der Waals surface area contributed by atoms with E-state index in [9.17, 15) is 17.6 Å². The van der Waals surface area contributed by atoms with Gasteiger partial charge in [0, 0.05) is 12.6 Å². The lowest BCUT2D eigenvalue weighted by Gasteiger charge is -2.38. The summed E-state index contributed by atoms with van der Waals surface area (Å²) < 4.78 is 41.6. The molecule has 1 atom stereocenters.